The van der Waals surface area contributed by atoms with Crippen molar-refractivity contribution in [2.75, 3.05) is 0 Å². The molecule has 33 heavy (non-hydrogen) atoms. The van der Waals surface area contributed by atoms with Crippen LogP contribution in [0.4, 0.5) is 0 Å². The third kappa shape index (κ3) is 5.52. The summed E-state index contributed by atoms with van der Waals surface area (Å²) in [6.07, 6.45) is 1.81. The van der Waals surface area contributed by atoms with E-state index >= 15 is 0 Å². The molecule has 1 fully saturated rings. The summed E-state index contributed by atoms with van der Waals surface area (Å²) in [5.74, 6) is 1.51. The Balaban J connectivity index is 1.69. The summed E-state index contributed by atoms with van der Waals surface area (Å²) in [5.41, 5.74) is 4.10. The smallest absolute Gasteiger partial charge is 0.308 e. The van der Waals surface area contributed by atoms with Crippen molar-refractivity contribution in [3.05, 3.63) is 58.7 Å². The summed E-state index contributed by atoms with van der Waals surface area (Å²) < 4.78 is 18.4. The molecule has 1 saturated heterocycles. The van der Waals surface area contributed by atoms with E-state index in [1.54, 1.807) is 0 Å². The predicted octanol–water partition coefficient (Wildman–Crippen LogP) is 5.28. The monoisotopic (exact) mass is 452 g/mol. The molecule has 0 amide bonds. The third-order valence-electron chi connectivity index (χ3n) is 6.35. The van der Waals surface area contributed by atoms with Gasteiger partial charge < -0.3 is 19.3 Å². The number of hydrogen-bond donors (Lipinski definition) is 1. The molecule has 2 unspecified atom stereocenters. The molecule has 2 atom stereocenters. The Morgan fingerprint density at radius 1 is 1.18 bits per heavy atom. The first-order chi connectivity index (χ1) is 15.5. The van der Waals surface area contributed by atoms with Crippen LogP contribution in [-0.4, -0.2) is 28.9 Å². The maximum Gasteiger partial charge on any atom is 0.308 e. The van der Waals surface area contributed by atoms with Gasteiger partial charge in [0.2, 0.25) is 0 Å². The lowest BCUT2D eigenvalue weighted by Crippen LogP contribution is -2.33. The van der Waals surface area contributed by atoms with Crippen LogP contribution >= 0.6 is 0 Å². The van der Waals surface area contributed by atoms with E-state index in [9.17, 15) is 9.90 Å². The van der Waals surface area contributed by atoms with Crippen LogP contribution in [0.25, 0.3) is 0 Å². The standard InChI is InChI=1S/C28H36O5/c1-27(2,3)25-22(12-11-21-14-20(29)15-24(30)32-21)26-19(16-28(4,5)33-26)13-23(25)31-17-18-9-7-6-8-10-18/h6-10,13,20-21,29H,11-12,14-17H2,1-5H3. The van der Waals surface area contributed by atoms with Crippen LogP contribution in [-0.2, 0) is 34.4 Å². The van der Waals surface area contributed by atoms with Crippen LogP contribution in [0.2, 0.25) is 0 Å². The minimum absolute atomic E-state index is 0.0826. The van der Waals surface area contributed by atoms with Gasteiger partial charge in [0.15, 0.2) is 0 Å². The highest BCUT2D eigenvalue weighted by molar-refractivity contribution is 5.71. The van der Waals surface area contributed by atoms with Crippen molar-refractivity contribution < 1.29 is 24.1 Å². The topological polar surface area (TPSA) is 65.0 Å². The highest BCUT2D eigenvalue weighted by Gasteiger charge is 2.37. The van der Waals surface area contributed by atoms with Crippen LogP contribution < -0.4 is 9.47 Å². The molecule has 5 nitrogen and oxygen atoms in total. The molecule has 2 aromatic rings. The summed E-state index contributed by atoms with van der Waals surface area (Å²) in [7, 11) is 0. The first-order valence-corrected chi connectivity index (χ1v) is 11.9. The highest BCUT2D eigenvalue weighted by Crippen LogP contribution is 2.47. The first kappa shape index (κ1) is 23.6. The number of cyclic esters (lactones) is 1. The molecule has 0 aromatic heterocycles. The Bertz CT molecular complexity index is 1000. The Morgan fingerprint density at radius 3 is 2.58 bits per heavy atom. The molecule has 0 bridgehead atoms. The fourth-order valence-corrected chi connectivity index (χ4v) is 5.03. The average Bonchev–Trinajstić information content (AvgIpc) is 3.03. The van der Waals surface area contributed by atoms with Crippen LogP contribution in [0.15, 0.2) is 36.4 Å². The fraction of sp³-hybridized carbons (Fsp3) is 0.536. The molecule has 5 heteroatoms. The summed E-state index contributed by atoms with van der Waals surface area (Å²) in [6.45, 7) is 11.3. The van der Waals surface area contributed by atoms with Crippen molar-refractivity contribution in [3.63, 3.8) is 0 Å². The molecule has 0 radical (unpaired) electrons. The number of ether oxygens (including phenoxy) is 3. The highest BCUT2D eigenvalue weighted by atomic mass is 16.5. The molecule has 2 aromatic carbocycles. The SMILES string of the molecule is CC1(C)Cc2cc(OCc3ccccc3)c(C(C)(C)C)c(CCC3CC(O)CC(=O)O3)c2O1. The van der Waals surface area contributed by atoms with Crippen molar-refractivity contribution >= 4 is 5.97 Å². The van der Waals surface area contributed by atoms with Crippen molar-refractivity contribution in [1.29, 1.82) is 0 Å². The van der Waals surface area contributed by atoms with Gasteiger partial charge in [0, 0.05) is 29.5 Å². The van der Waals surface area contributed by atoms with E-state index in [0.29, 0.717) is 25.9 Å². The van der Waals surface area contributed by atoms with Crippen LogP contribution in [0.1, 0.15) is 76.1 Å². The molecular weight excluding hydrogens is 416 g/mol. The van der Waals surface area contributed by atoms with Gasteiger partial charge in [0.1, 0.15) is 29.8 Å². The van der Waals surface area contributed by atoms with E-state index in [1.165, 1.54) is 0 Å². The molecule has 2 heterocycles. The minimum Gasteiger partial charge on any atom is -0.489 e. The van der Waals surface area contributed by atoms with E-state index < -0.39 is 6.10 Å². The largest absolute Gasteiger partial charge is 0.489 e. The van der Waals surface area contributed by atoms with Crippen molar-refractivity contribution in [3.8, 4) is 11.5 Å². The molecule has 2 aliphatic heterocycles. The minimum atomic E-state index is -0.625. The Hall–Kier alpha value is -2.53. The lowest BCUT2D eigenvalue weighted by atomic mass is 9.80. The number of carbonyl (C=O) groups excluding carboxylic acids is 1. The van der Waals surface area contributed by atoms with Crippen LogP contribution in [0.3, 0.4) is 0 Å². The number of aliphatic hydroxyl groups is 1. The van der Waals surface area contributed by atoms with Crippen molar-refractivity contribution in [2.45, 2.75) is 96.6 Å². The second-order valence-corrected chi connectivity index (χ2v) is 11.0. The number of carbonyl (C=O) groups is 1. The number of aliphatic hydroxyl groups excluding tert-OH is 1. The maximum atomic E-state index is 11.8. The number of benzene rings is 2. The van der Waals surface area contributed by atoms with Gasteiger partial charge in [-0.15, -0.1) is 0 Å². The van der Waals surface area contributed by atoms with Gasteiger partial charge >= 0.3 is 5.97 Å². The molecule has 178 valence electrons. The van der Waals surface area contributed by atoms with Gasteiger partial charge in [-0.3, -0.25) is 4.79 Å². The molecule has 0 spiro atoms. The summed E-state index contributed by atoms with van der Waals surface area (Å²) in [5, 5.41) is 10.0. The summed E-state index contributed by atoms with van der Waals surface area (Å²) in [4.78, 5) is 11.8. The van der Waals surface area contributed by atoms with E-state index in [1.807, 2.05) is 18.2 Å². The summed E-state index contributed by atoms with van der Waals surface area (Å²) in [6, 6.07) is 12.3. The molecule has 2 aliphatic rings. The number of rotatable bonds is 6. The van der Waals surface area contributed by atoms with Crippen LogP contribution in [0, 0.1) is 0 Å². The van der Waals surface area contributed by atoms with Gasteiger partial charge in [0.25, 0.3) is 0 Å². The van der Waals surface area contributed by atoms with Gasteiger partial charge in [0.05, 0.1) is 12.5 Å². The quantitative estimate of drug-likeness (QED) is 0.605. The maximum absolute atomic E-state index is 11.8. The molecule has 0 saturated carbocycles. The van der Waals surface area contributed by atoms with Gasteiger partial charge in [-0.1, -0.05) is 51.1 Å². The van der Waals surface area contributed by atoms with E-state index in [4.69, 9.17) is 14.2 Å². The predicted molar refractivity (Wildman–Crippen MR) is 128 cm³/mol. The van der Waals surface area contributed by atoms with Crippen molar-refractivity contribution in [2.24, 2.45) is 0 Å². The zero-order valence-electron chi connectivity index (χ0n) is 20.4. The van der Waals surface area contributed by atoms with Crippen LogP contribution in [0.5, 0.6) is 11.5 Å². The van der Waals surface area contributed by atoms with Gasteiger partial charge in [-0.25, -0.2) is 0 Å². The fourth-order valence-electron chi connectivity index (χ4n) is 5.03. The second kappa shape index (κ2) is 9.02. The Kier molecular flexibility index (Phi) is 6.45. The normalized spacial score (nSPS) is 21.8. The lowest BCUT2D eigenvalue weighted by Gasteiger charge is -2.30. The summed E-state index contributed by atoms with van der Waals surface area (Å²) >= 11 is 0. The first-order valence-electron chi connectivity index (χ1n) is 11.9. The zero-order chi connectivity index (χ0) is 23.8. The van der Waals surface area contributed by atoms with E-state index in [-0.39, 0.29) is 29.5 Å². The molecular formula is C28H36O5. The van der Waals surface area contributed by atoms with E-state index in [2.05, 4.69) is 52.8 Å². The Labute approximate surface area is 197 Å². The average molecular weight is 453 g/mol. The number of hydrogen-bond acceptors (Lipinski definition) is 5. The lowest BCUT2D eigenvalue weighted by molar-refractivity contribution is -0.160. The van der Waals surface area contributed by atoms with Gasteiger partial charge in [-0.05, 0) is 43.7 Å². The number of esters is 1. The molecule has 1 N–H and O–H groups in total. The van der Waals surface area contributed by atoms with E-state index in [0.717, 1.165) is 40.2 Å². The number of fused-ring (bicyclic) bond motifs is 1. The molecule has 4 rings (SSSR count). The Morgan fingerprint density at radius 2 is 1.91 bits per heavy atom. The zero-order valence-corrected chi connectivity index (χ0v) is 20.4. The third-order valence-corrected chi connectivity index (χ3v) is 6.35. The second-order valence-electron chi connectivity index (χ2n) is 11.0. The van der Waals surface area contributed by atoms with Gasteiger partial charge in [-0.2, -0.15) is 0 Å². The molecule has 0 aliphatic carbocycles. The van der Waals surface area contributed by atoms with Crippen molar-refractivity contribution in [1.82, 2.24) is 0 Å².